The molecule has 0 saturated heterocycles. The number of aliphatic hydroxyl groups excluding tert-OH is 1. The highest BCUT2D eigenvalue weighted by Gasteiger charge is 2.21. The molecule has 6 nitrogen and oxygen atoms in total. The molecule has 0 aliphatic carbocycles. The molecule has 0 bridgehead atoms. The highest BCUT2D eigenvalue weighted by atomic mass is 32.1. The summed E-state index contributed by atoms with van der Waals surface area (Å²) in [5.41, 5.74) is 0.512. The molecule has 0 fully saturated rings. The van der Waals surface area contributed by atoms with E-state index in [2.05, 4.69) is 15.6 Å². The van der Waals surface area contributed by atoms with E-state index in [9.17, 15) is 9.90 Å². The number of nitrogens with one attached hydrogen (secondary N) is 2. The van der Waals surface area contributed by atoms with Gasteiger partial charge in [0.2, 0.25) is 5.89 Å². The number of rotatable bonds is 7. The van der Waals surface area contributed by atoms with Crippen molar-refractivity contribution in [2.45, 2.75) is 39.8 Å². The second-order valence-corrected chi connectivity index (χ2v) is 7.32. The van der Waals surface area contributed by atoms with Gasteiger partial charge in [-0.15, -0.1) is 11.3 Å². The molecule has 7 heteroatoms. The maximum Gasteiger partial charge on any atom is 0.315 e. The SMILES string of the molecule is CC(O)CC(C)(C)CNC(=O)NCc1coc(-c2cccs2)n1. The minimum absolute atomic E-state index is 0.161. The van der Waals surface area contributed by atoms with E-state index in [1.165, 1.54) is 0 Å². The normalized spacial score (nSPS) is 12.9. The van der Waals surface area contributed by atoms with Crippen LogP contribution in [0.25, 0.3) is 10.8 Å². The minimum atomic E-state index is -0.388. The van der Waals surface area contributed by atoms with Crippen LogP contribution in [0.2, 0.25) is 0 Å². The highest BCUT2D eigenvalue weighted by Crippen LogP contribution is 2.23. The molecule has 0 spiro atoms. The molecule has 126 valence electrons. The third kappa shape index (κ3) is 5.69. The second-order valence-electron chi connectivity index (χ2n) is 6.37. The first-order valence-corrected chi connectivity index (χ1v) is 8.42. The van der Waals surface area contributed by atoms with Crippen molar-refractivity contribution in [3.8, 4) is 10.8 Å². The zero-order chi connectivity index (χ0) is 16.9. The fourth-order valence-corrected chi connectivity index (χ4v) is 2.98. The first-order valence-electron chi connectivity index (χ1n) is 7.54. The summed E-state index contributed by atoms with van der Waals surface area (Å²) in [5.74, 6) is 0.565. The zero-order valence-electron chi connectivity index (χ0n) is 13.6. The number of amides is 2. The van der Waals surface area contributed by atoms with Crippen LogP contribution in [0.15, 0.2) is 28.2 Å². The van der Waals surface area contributed by atoms with Crippen molar-refractivity contribution in [3.05, 3.63) is 29.5 Å². The highest BCUT2D eigenvalue weighted by molar-refractivity contribution is 7.13. The molecule has 3 N–H and O–H groups in total. The van der Waals surface area contributed by atoms with E-state index in [0.717, 1.165) is 4.88 Å². The van der Waals surface area contributed by atoms with Crippen molar-refractivity contribution in [2.24, 2.45) is 5.41 Å². The fraction of sp³-hybridized carbons (Fsp3) is 0.500. The summed E-state index contributed by atoms with van der Waals surface area (Å²) < 4.78 is 5.40. The molecular formula is C16H23N3O3S. The van der Waals surface area contributed by atoms with Crippen molar-refractivity contribution in [1.82, 2.24) is 15.6 Å². The Hall–Kier alpha value is -1.86. The third-order valence-electron chi connectivity index (χ3n) is 3.29. The lowest BCUT2D eigenvalue weighted by molar-refractivity contribution is 0.129. The molecule has 23 heavy (non-hydrogen) atoms. The van der Waals surface area contributed by atoms with E-state index in [-0.39, 0.29) is 17.6 Å². The van der Waals surface area contributed by atoms with Gasteiger partial charge in [-0.2, -0.15) is 0 Å². The summed E-state index contributed by atoms with van der Waals surface area (Å²) in [7, 11) is 0. The number of hydrogen-bond acceptors (Lipinski definition) is 5. The van der Waals surface area contributed by atoms with Crippen molar-refractivity contribution < 1.29 is 14.3 Å². The first kappa shape index (κ1) is 17.5. The van der Waals surface area contributed by atoms with Crippen LogP contribution in [0.3, 0.4) is 0 Å². The Balaban J connectivity index is 1.76. The number of carbonyl (C=O) groups is 1. The number of thiophene rings is 1. The molecule has 0 radical (unpaired) electrons. The summed E-state index contributed by atoms with van der Waals surface area (Å²) in [4.78, 5) is 17.1. The molecule has 1 atom stereocenters. The average molecular weight is 337 g/mol. The lowest BCUT2D eigenvalue weighted by Crippen LogP contribution is -2.41. The number of hydrogen-bond donors (Lipinski definition) is 3. The summed E-state index contributed by atoms with van der Waals surface area (Å²) in [5, 5.41) is 17.0. The predicted octanol–water partition coefficient (Wildman–Crippen LogP) is 3.00. The van der Waals surface area contributed by atoms with Gasteiger partial charge < -0.3 is 20.2 Å². The summed E-state index contributed by atoms with van der Waals surface area (Å²) >= 11 is 1.55. The molecule has 2 rings (SSSR count). The van der Waals surface area contributed by atoms with E-state index in [4.69, 9.17) is 4.42 Å². The van der Waals surface area contributed by atoms with E-state index in [0.29, 0.717) is 31.1 Å². The largest absolute Gasteiger partial charge is 0.443 e. The number of aliphatic hydroxyl groups is 1. The topological polar surface area (TPSA) is 87.4 Å². The molecular weight excluding hydrogens is 314 g/mol. The van der Waals surface area contributed by atoms with Crippen LogP contribution in [0.4, 0.5) is 4.79 Å². The van der Waals surface area contributed by atoms with Gasteiger partial charge >= 0.3 is 6.03 Å². The quantitative estimate of drug-likeness (QED) is 0.725. The molecule has 2 aromatic heterocycles. The van der Waals surface area contributed by atoms with E-state index in [1.807, 2.05) is 31.4 Å². The van der Waals surface area contributed by atoms with Gasteiger partial charge in [-0.05, 0) is 30.2 Å². The molecule has 0 aliphatic rings. The molecule has 2 aromatic rings. The van der Waals surface area contributed by atoms with E-state index < -0.39 is 0 Å². The van der Waals surface area contributed by atoms with E-state index >= 15 is 0 Å². The van der Waals surface area contributed by atoms with E-state index in [1.54, 1.807) is 24.5 Å². The average Bonchev–Trinajstić information content (AvgIpc) is 3.12. The Labute approximate surface area is 139 Å². The number of oxazole rings is 1. The van der Waals surface area contributed by atoms with Crippen LogP contribution in [0, 0.1) is 5.41 Å². The van der Waals surface area contributed by atoms with Crippen LogP contribution in [0.5, 0.6) is 0 Å². The van der Waals surface area contributed by atoms with Crippen LogP contribution >= 0.6 is 11.3 Å². The minimum Gasteiger partial charge on any atom is -0.443 e. The zero-order valence-corrected chi connectivity index (χ0v) is 14.4. The Kier molecular flexibility index (Phi) is 5.79. The number of carbonyl (C=O) groups excluding carboxylic acids is 1. The van der Waals surface area contributed by atoms with Crippen LogP contribution in [-0.4, -0.2) is 28.8 Å². The number of urea groups is 1. The molecule has 0 aliphatic heterocycles. The Morgan fingerprint density at radius 3 is 2.91 bits per heavy atom. The van der Waals surface area contributed by atoms with Gasteiger partial charge in [-0.25, -0.2) is 9.78 Å². The Morgan fingerprint density at radius 2 is 2.26 bits per heavy atom. The monoisotopic (exact) mass is 337 g/mol. The van der Waals surface area contributed by atoms with Gasteiger partial charge in [0.05, 0.1) is 23.2 Å². The Bertz CT molecular complexity index is 620. The molecule has 1 unspecified atom stereocenters. The van der Waals surface area contributed by atoms with Gasteiger partial charge in [0.15, 0.2) is 0 Å². The van der Waals surface area contributed by atoms with Crippen LogP contribution < -0.4 is 10.6 Å². The van der Waals surface area contributed by atoms with Gasteiger partial charge in [-0.3, -0.25) is 0 Å². The molecule has 0 saturated carbocycles. The standard InChI is InChI=1S/C16H23N3O3S/c1-11(20)7-16(2,3)10-18-15(21)17-8-12-9-22-14(19-12)13-5-4-6-23-13/h4-6,9,11,20H,7-8,10H2,1-3H3,(H2,17,18,21). The lowest BCUT2D eigenvalue weighted by atomic mass is 9.87. The van der Waals surface area contributed by atoms with Crippen molar-refractivity contribution >= 4 is 17.4 Å². The lowest BCUT2D eigenvalue weighted by Gasteiger charge is -2.26. The fourth-order valence-electron chi connectivity index (χ4n) is 2.33. The van der Waals surface area contributed by atoms with Crippen LogP contribution in [-0.2, 0) is 6.54 Å². The van der Waals surface area contributed by atoms with Gasteiger partial charge in [-0.1, -0.05) is 19.9 Å². The summed E-state index contributed by atoms with van der Waals surface area (Å²) in [6.45, 7) is 6.55. The summed E-state index contributed by atoms with van der Waals surface area (Å²) in [6, 6.07) is 3.61. The van der Waals surface area contributed by atoms with Crippen LogP contribution in [0.1, 0.15) is 32.9 Å². The predicted molar refractivity (Wildman–Crippen MR) is 90.1 cm³/mol. The van der Waals surface area contributed by atoms with Gasteiger partial charge in [0.1, 0.15) is 6.26 Å². The third-order valence-corrected chi connectivity index (χ3v) is 4.15. The molecule has 0 aromatic carbocycles. The maximum absolute atomic E-state index is 11.8. The maximum atomic E-state index is 11.8. The van der Waals surface area contributed by atoms with Gasteiger partial charge in [0.25, 0.3) is 0 Å². The Morgan fingerprint density at radius 1 is 1.48 bits per heavy atom. The number of aromatic nitrogens is 1. The summed E-state index contributed by atoms with van der Waals surface area (Å²) in [6.07, 6.45) is 1.79. The van der Waals surface area contributed by atoms with Crippen molar-refractivity contribution in [3.63, 3.8) is 0 Å². The second kappa shape index (κ2) is 7.61. The van der Waals surface area contributed by atoms with Gasteiger partial charge in [0, 0.05) is 6.54 Å². The van der Waals surface area contributed by atoms with Crippen molar-refractivity contribution in [1.29, 1.82) is 0 Å². The first-order chi connectivity index (χ1) is 10.9. The smallest absolute Gasteiger partial charge is 0.315 e. The molecule has 2 amide bonds. The number of nitrogens with zero attached hydrogens (tertiary/aromatic N) is 1. The van der Waals surface area contributed by atoms with Crippen molar-refractivity contribution in [2.75, 3.05) is 6.54 Å². The molecule has 2 heterocycles.